The molecule has 0 saturated heterocycles. The van der Waals surface area contributed by atoms with Gasteiger partial charge in [0.2, 0.25) is 5.91 Å². The van der Waals surface area contributed by atoms with Gasteiger partial charge in [0.15, 0.2) is 0 Å². The highest BCUT2D eigenvalue weighted by molar-refractivity contribution is 6.31. The summed E-state index contributed by atoms with van der Waals surface area (Å²) in [6.45, 7) is 2.30. The van der Waals surface area contributed by atoms with Gasteiger partial charge in [0.05, 0.1) is 25.0 Å². The SMILES string of the molecule is COc1ccc2c(c1)NC(C)C(=O)N2Cc1ccccc1Cl. The summed E-state index contributed by atoms with van der Waals surface area (Å²) in [6.07, 6.45) is 0. The molecule has 4 nitrogen and oxygen atoms in total. The Morgan fingerprint density at radius 1 is 1.27 bits per heavy atom. The number of carbonyl (C=O) groups is 1. The van der Waals surface area contributed by atoms with E-state index >= 15 is 0 Å². The fraction of sp³-hybridized carbons (Fsp3) is 0.235. The molecule has 114 valence electrons. The normalized spacial score (nSPS) is 17.0. The van der Waals surface area contributed by atoms with Crippen LogP contribution in [0.3, 0.4) is 0 Å². The first-order valence-electron chi connectivity index (χ1n) is 7.09. The maximum Gasteiger partial charge on any atom is 0.249 e. The molecule has 0 spiro atoms. The Bertz CT molecular complexity index is 718. The van der Waals surface area contributed by atoms with Crippen LogP contribution in [-0.2, 0) is 11.3 Å². The van der Waals surface area contributed by atoms with Crippen molar-refractivity contribution < 1.29 is 9.53 Å². The largest absolute Gasteiger partial charge is 0.497 e. The number of anilines is 2. The zero-order valence-corrected chi connectivity index (χ0v) is 13.2. The first-order valence-corrected chi connectivity index (χ1v) is 7.47. The van der Waals surface area contributed by atoms with Crippen LogP contribution in [0.1, 0.15) is 12.5 Å². The predicted molar refractivity (Wildman–Crippen MR) is 88.7 cm³/mol. The molecule has 3 rings (SSSR count). The van der Waals surface area contributed by atoms with Crippen molar-refractivity contribution in [2.45, 2.75) is 19.5 Å². The molecule has 0 aromatic heterocycles. The van der Waals surface area contributed by atoms with E-state index < -0.39 is 0 Å². The first-order chi connectivity index (χ1) is 10.6. The van der Waals surface area contributed by atoms with Crippen LogP contribution >= 0.6 is 11.6 Å². The molecule has 0 saturated carbocycles. The Labute approximate surface area is 134 Å². The minimum absolute atomic E-state index is 0.0255. The third kappa shape index (κ3) is 2.62. The maximum atomic E-state index is 12.5. The van der Waals surface area contributed by atoms with Gasteiger partial charge in [-0.05, 0) is 30.7 Å². The Morgan fingerprint density at radius 2 is 2.05 bits per heavy atom. The highest BCUT2D eigenvalue weighted by Crippen LogP contribution is 2.36. The van der Waals surface area contributed by atoms with Crippen LogP contribution in [0.25, 0.3) is 0 Å². The molecule has 0 fully saturated rings. The van der Waals surface area contributed by atoms with E-state index in [1.807, 2.05) is 49.4 Å². The molecule has 1 aliphatic rings. The highest BCUT2D eigenvalue weighted by Gasteiger charge is 2.30. The second kappa shape index (κ2) is 5.89. The molecular weight excluding hydrogens is 300 g/mol. The third-order valence-corrected chi connectivity index (χ3v) is 4.16. The third-order valence-electron chi connectivity index (χ3n) is 3.79. The fourth-order valence-electron chi connectivity index (χ4n) is 2.60. The van der Waals surface area contributed by atoms with E-state index in [-0.39, 0.29) is 11.9 Å². The lowest BCUT2D eigenvalue weighted by atomic mass is 10.1. The van der Waals surface area contributed by atoms with E-state index in [2.05, 4.69) is 5.32 Å². The van der Waals surface area contributed by atoms with Gasteiger partial charge < -0.3 is 15.0 Å². The van der Waals surface area contributed by atoms with Crippen molar-refractivity contribution >= 4 is 28.9 Å². The van der Waals surface area contributed by atoms with Crippen molar-refractivity contribution in [1.82, 2.24) is 0 Å². The number of ether oxygens (including phenoxy) is 1. The molecule has 0 aliphatic carbocycles. The standard InChI is InChI=1S/C17H17ClN2O2/c1-11-17(21)20(10-12-5-3-4-6-14(12)18)16-8-7-13(22-2)9-15(16)19-11/h3-9,11,19H,10H2,1-2H3. The Morgan fingerprint density at radius 3 is 2.77 bits per heavy atom. The predicted octanol–water partition coefficient (Wildman–Crippen LogP) is 3.70. The average molecular weight is 317 g/mol. The van der Waals surface area contributed by atoms with Gasteiger partial charge in [-0.15, -0.1) is 0 Å². The van der Waals surface area contributed by atoms with Crippen LogP contribution in [0.15, 0.2) is 42.5 Å². The summed E-state index contributed by atoms with van der Waals surface area (Å²) in [6, 6.07) is 12.9. The second-order valence-corrected chi connectivity index (χ2v) is 5.67. The summed E-state index contributed by atoms with van der Waals surface area (Å²) < 4.78 is 5.25. The van der Waals surface area contributed by atoms with Gasteiger partial charge in [0.1, 0.15) is 11.8 Å². The number of nitrogens with one attached hydrogen (secondary N) is 1. The Balaban J connectivity index is 2.00. The quantitative estimate of drug-likeness (QED) is 0.939. The number of carbonyl (C=O) groups excluding carboxylic acids is 1. The number of benzene rings is 2. The lowest BCUT2D eigenvalue weighted by Gasteiger charge is -2.34. The van der Waals surface area contributed by atoms with Crippen molar-refractivity contribution in [2.24, 2.45) is 0 Å². The lowest BCUT2D eigenvalue weighted by molar-refractivity contribution is -0.119. The van der Waals surface area contributed by atoms with Gasteiger partial charge >= 0.3 is 0 Å². The van der Waals surface area contributed by atoms with Crippen LogP contribution in [0, 0.1) is 0 Å². The van der Waals surface area contributed by atoms with E-state index in [1.54, 1.807) is 12.0 Å². The number of nitrogens with zero attached hydrogens (tertiary/aromatic N) is 1. The molecule has 1 aliphatic heterocycles. The zero-order valence-electron chi connectivity index (χ0n) is 12.5. The van der Waals surface area contributed by atoms with Gasteiger partial charge in [-0.1, -0.05) is 29.8 Å². The molecular formula is C17H17ClN2O2. The average Bonchev–Trinajstić information content (AvgIpc) is 2.53. The zero-order chi connectivity index (χ0) is 15.7. The highest BCUT2D eigenvalue weighted by atomic mass is 35.5. The Kier molecular flexibility index (Phi) is 3.94. The summed E-state index contributed by atoms with van der Waals surface area (Å²) in [7, 11) is 1.63. The van der Waals surface area contributed by atoms with Crippen LogP contribution in [-0.4, -0.2) is 19.1 Å². The number of hydrogen-bond acceptors (Lipinski definition) is 3. The molecule has 2 aromatic rings. The number of hydrogen-bond donors (Lipinski definition) is 1. The minimum Gasteiger partial charge on any atom is -0.497 e. The van der Waals surface area contributed by atoms with E-state index in [9.17, 15) is 4.79 Å². The molecule has 0 bridgehead atoms. The number of fused-ring (bicyclic) bond motifs is 1. The molecule has 1 N–H and O–H groups in total. The summed E-state index contributed by atoms with van der Waals surface area (Å²) in [5.41, 5.74) is 2.65. The topological polar surface area (TPSA) is 41.6 Å². The van der Waals surface area contributed by atoms with Crippen molar-refractivity contribution in [3.05, 3.63) is 53.1 Å². The summed E-state index contributed by atoms with van der Waals surface area (Å²) in [5, 5.41) is 3.87. The molecule has 0 radical (unpaired) electrons. The summed E-state index contributed by atoms with van der Waals surface area (Å²) >= 11 is 6.23. The van der Waals surface area contributed by atoms with E-state index in [0.29, 0.717) is 11.6 Å². The lowest BCUT2D eigenvalue weighted by Crippen LogP contribution is -2.45. The maximum absolute atomic E-state index is 12.5. The Hall–Kier alpha value is -2.20. The van der Waals surface area contributed by atoms with Crippen LogP contribution in [0.2, 0.25) is 5.02 Å². The molecule has 1 heterocycles. The summed E-state index contributed by atoms with van der Waals surface area (Å²) in [4.78, 5) is 14.3. The number of amides is 1. The van der Waals surface area contributed by atoms with Gasteiger partial charge in [-0.25, -0.2) is 0 Å². The van der Waals surface area contributed by atoms with E-state index in [0.717, 1.165) is 22.7 Å². The van der Waals surface area contributed by atoms with Crippen LogP contribution < -0.4 is 15.0 Å². The molecule has 22 heavy (non-hydrogen) atoms. The first kappa shape index (κ1) is 14.7. The minimum atomic E-state index is -0.290. The van der Waals surface area contributed by atoms with Gasteiger partial charge in [0.25, 0.3) is 0 Å². The fourth-order valence-corrected chi connectivity index (χ4v) is 2.80. The van der Waals surface area contributed by atoms with Crippen molar-refractivity contribution in [3.63, 3.8) is 0 Å². The summed E-state index contributed by atoms with van der Waals surface area (Å²) in [5.74, 6) is 0.781. The molecule has 2 aromatic carbocycles. The van der Waals surface area contributed by atoms with Crippen LogP contribution in [0.4, 0.5) is 11.4 Å². The van der Waals surface area contributed by atoms with Crippen LogP contribution in [0.5, 0.6) is 5.75 Å². The molecule has 1 unspecified atom stereocenters. The van der Waals surface area contributed by atoms with Gasteiger partial charge in [-0.2, -0.15) is 0 Å². The van der Waals surface area contributed by atoms with Crippen molar-refractivity contribution in [1.29, 1.82) is 0 Å². The van der Waals surface area contributed by atoms with Crippen molar-refractivity contribution in [2.75, 3.05) is 17.3 Å². The second-order valence-electron chi connectivity index (χ2n) is 5.26. The smallest absolute Gasteiger partial charge is 0.249 e. The number of rotatable bonds is 3. The molecule has 1 amide bonds. The number of methoxy groups -OCH3 is 1. The molecule has 1 atom stereocenters. The monoisotopic (exact) mass is 316 g/mol. The molecule has 5 heteroatoms. The van der Waals surface area contributed by atoms with E-state index in [4.69, 9.17) is 16.3 Å². The number of halogens is 1. The van der Waals surface area contributed by atoms with Crippen molar-refractivity contribution in [3.8, 4) is 5.75 Å². The van der Waals surface area contributed by atoms with Gasteiger partial charge in [-0.3, -0.25) is 4.79 Å². The van der Waals surface area contributed by atoms with E-state index in [1.165, 1.54) is 0 Å². The van der Waals surface area contributed by atoms with Gasteiger partial charge in [0, 0.05) is 11.1 Å².